The molecule has 1 aliphatic rings. The van der Waals surface area contributed by atoms with Gasteiger partial charge in [-0.25, -0.2) is 22.9 Å². The van der Waals surface area contributed by atoms with Gasteiger partial charge in [0.15, 0.2) is 0 Å². The van der Waals surface area contributed by atoms with E-state index in [4.69, 9.17) is 4.74 Å². The highest BCUT2D eigenvalue weighted by Gasteiger charge is 2.20. The third-order valence-electron chi connectivity index (χ3n) is 5.18. The molecule has 1 saturated heterocycles. The number of rotatable bonds is 5. The minimum absolute atomic E-state index is 0.114. The molecule has 1 aromatic carbocycles. The van der Waals surface area contributed by atoms with E-state index in [1.54, 1.807) is 32.4 Å². The van der Waals surface area contributed by atoms with E-state index in [-0.39, 0.29) is 17.1 Å². The molecule has 0 amide bonds. The number of morpholine rings is 1. The Kier molecular flexibility index (Phi) is 5.15. The van der Waals surface area contributed by atoms with Crippen molar-refractivity contribution in [3.05, 3.63) is 52.6 Å². The van der Waals surface area contributed by atoms with Crippen LogP contribution in [0.15, 0.2) is 46.2 Å². The van der Waals surface area contributed by atoms with Gasteiger partial charge in [0.2, 0.25) is 10.0 Å². The molecule has 1 aliphatic heterocycles. The van der Waals surface area contributed by atoms with Gasteiger partial charge >= 0.3 is 5.69 Å². The van der Waals surface area contributed by atoms with E-state index in [2.05, 4.69) is 14.6 Å². The van der Waals surface area contributed by atoms with Gasteiger partial charge in [-0.15, -0.1) is 0 Å². The normalized spacial score (nSPS) is 15.2. The highest BCUT2D eigenvalue weighted by Crippen LogP contribution is 2.21. The number of pyridine rings is 1. The minimum Gasteiger partial charge on any atom is -0.378 e. The molecule has 154 valence electrons. The first-order valence-electron chi connectivity index (χ1n) is 9.30. The summed E-state index contributed by atoms with van der Waals surface area (Å²) in [5.41, 5.74) is 1.84. The van der Waals surface area contributed by atoms with Gasteiger partial charge < -0.3 is 9.64 Å². The number of imidazole rings is 1. The van der Waals surface area contributed by atoms with Gasteiger partial charge in [-0.3, -0.25) is 9.13 Å². The number of aryl methyl sites for hydroxylation is 2. The summed E-state index contributed by atoms with van der Waals surface area (Å²) in [7, 11) is -0.480. The molecule has 0 aliphatic carbocycles. The predicted molar refractivity (Wildman–Crippen MR) is 109 cm³/mol. The second-order valence-electron chi connectivity index (χ2n) is 6.96. The van der Waals surface area contributed by atoms with Gasteiger partial charge in [0.25, 0.3) is 0 Å². The van der Waals surface area contributed by atoms with E-state index in [9.17, 15) is 13.2 Å². The lowest BCUT2D eigenvalue weighted by molar-refractivity contribution is 0.122. The van der Waals surface area contributed by atoms with Crippen LogP contribution in [0.5, 0.6) is 0 Å². The Hall–Kier alpha value is -2.69. The van der Waals surface area contributed by atoms with Crippen molar-refractivity contribution in [3.8, 4) is 0 Å². The molecule has 10 heteroatoms. The largest absolute Gasteiger partial charge is 0.378 e. The van der Waals surface area contributed by atoms with Crippen LogP contribution in [-0.2, 0) is 35.4 Å². The maximum absolute atomic E-state index is 12.9. The summed E-state index contributed by atoms with van der Waals surface area (Å²) in [4.78, 5) is 18.7. The van der Waals surface area contributed by atoms with Crippen molar-refractivity contribution < 1.29 is 13.2 Å². The molecule has 3 aromatic rings. The average Bonchev–Trinajstić information content (AvgIpc) is 2.97. The number of fused-ring (bicyclic) bond motifs is 1. The van der Waals surface area contributed by atoms with Crippen LogP contribution in [0.25, 0.3) is 11.0 Å². The monoisotopic (exact) mass is 417 g/mol. The summed E-state index contributed by atoms with van der Waals surface area (Å²) in [5, 5.41) is 0. The van der Waals surface area contributed by atoms with Gasteiger partial charge in [-0.05, 0) is 24.3 Å². The van der Waals surface area contributed by atoms with Crippen LogP contribution in [-0.4, -0.2) is 48.8 Å². The molecule has 1 fully saturated rings. The van der Waals surface area contributed by atoms with E-state index >= 15 is 0 Å². The van der Waals surface area contributed by atoms with E-state index in [1.807, 2.05) is 6.07 Å². The molecule has 0 bridgehead atoms. The second-order valence-corrected chi connectivity index (χ2v) is 8.73. The van der Waals surface area contributed by atoms with E-state index < -0.39 is 10.0 Å². The number of sulfonamides is 1. The Labute approximate surface area is 168 Å². The summed E-state index contributed by atoms with van der Waals surface area (Å²) in [6.45, 7) is 2.80. The molecular formula is C19H23N5O4S. The first-order valence-corrected chi connectivity index (χ1v) is 10.8. The molecule has 29 heavy (non-hydrogen) atoms. The van der Waals surface area contributed by atoms with Crippen molar-refractivity contribution >= 4 is 26.9 Å². The molecule has 4 rings (SSSR count). The van der Waals surface area contributed by atoms with Gasteiger partial charge in [0.05, 0.1) is 29.1 Å². The maximum atomic E-state index is 12.9. The van der Waals surface area contributed by atoms with Gasteiger partial charge in [0, 0.05) is 45.5 Å². The van der Waals surface area contributed by atoms with Crippen molar-refractivity contribution in [2.75, 3.05) is 31.2 Å². The number of nitrogens with zero attached hydrogens (tertiary/aromatic N) is 4. The Morgan fingerprint density at radius 3 is 2.59 bits per heavy atom. The van der Waals surface area contributed by atoms with Crippen LogP contribution in [0, 0.1) is 0 Å². The lowest BCUT2D eigenvalue weighted by Crippen LogP contribution is -2.37. The number of benzene rings is 1. The third-order valence-corrected chi connectivity index (χ3v) is 6.58. The van der Waals surface area contributed by atoms with Crippen molar-refractivity contribution in [2.45, 2.75) is 11.4 Å². The zero-order chi connectivity index (χ0) is 20.6. The fraction of sp³-hybridized carbons (Fsp3) is 0.368. The van der Waals surface area contributed by atoms with E-state index in [0.29, 0.717) is 24.2 Å². The summed E-state index contributed by atoms with van der Waals surface area (Å²) < 4.78 is 36.7. The second kappa shape index (κ2) is 7.62. The highest BCUT2D eigenvalue weighted by molar-refractivity contribution is 7.89. The summed E-state index contributed by atoms with van der Waals surface area (Å²) >= 11 is 0. The molecule has 2 aromatic heterocycles. The molecule has 1 N–H and O–H groups in total. The first-order chi connectivity index (χ1) is 13.9. The summed E-state index contributed by atoms with van der Waals surface area (Å²) in [6, 6.07) is 8.33. The van der Waals surface area contributed by atoms with E-state index in [0.717, 1.165) is 24.5 Å². The fourth-order valence-corrected chi connectivity index (χ4v) is 4.56. The Morgan fingerprint density at radius 2 is 1.83 bits per heavy atom. The van der Waals surface area contributed by atoms with Crippen molar-refractivity contribution in [3.63, 3.8) is 0 Å². The number of nitrogens with one attached hydrogen (secondary N) is 1. The van der Waals surface area contributed by atoms with Crippen LogP contribution in [0.1, 0.15) is 5.56 Å². The predicted octanol–water partition coefficient (Wildman–Crippen LogP) is 0.587. The smallest absolute Gasteiger partial charge is 0.328 e. The number of hydrogen-bond acceptors (Lipinski definition) is 6. The van der Waals surface area contributed by atoms with E-state index in [1.165, 1.54) is 21.3 Å². The zero-order valence-electron chi connectivity index (χ0n) is 16.3. The third kappa shape index (κ3) is 3.66. The van der Waals surface area contributed by atoms with Crippen LogP contribution in [0.3, 0.4) is 0 Å². The topological polar surface area (TPSA) is 98.5 Å². The van der Waals surface area contributed by atoms with Crippen molar-refractivity contribution in [1.82, 2.24) is 18.8 Å². The Morgan fingerprint density at radius 1 is 1.10 bits per heavy atom. The fourth-order valence-electron chi connectivity index (χ4n) is 3.54. The first kappa shape index (κ1) is 19.6. The van der Waals surface area contributed by atoms with Crippen LogP contribution >= 0.6 is 0 Å². The maximum Gasteiger partial charge on any atom is 0.328 e. The van der Waals surface area contributed by atoms with Crippen molar-refractivity contribution in [2.24, 2.45) is 14.1 Å². The number of aromatic nitrogens is 3. The SMILES string of the molecule is Cn1c(=O)n(C)c2cc(S(=O)(=O)NCc3cccnc3N3CCOCC3)ccc21. The average molecular weight is 417 g/mol. The minimum atomic E-state index is -3.76. The molecule has 0 saturated carbocycles. The molecular weight excluding hydrogens is 394 g/mol. The van der Waals surface area contributed by atoms with Gasteiger partial charge in [0.1, 0.15) is 5.82 Å². The molecule has 0 spiro atoms. The molecule has 0 radical (unpaired) electrons. The van der Waals surface area contributed by atoms with Crippen LogP contribution in [0.4, 0.5) is 5.82 Å². The Balaban J connectivity index is 1.60. The van der Waals surface area contributed by atoms with Crippen LogP contribution in [0.2, 0.25) is 0 Å². The number of anilines is 1. The molecule has 0 atom stereocenters. The van der Waals surface area contributed by atoms with Gasteiger partial charge in [-0.1, -0.05) is 6.07 Å². The summed E-state index contributed by atoms with van der Waals surface area (Å²) in [6.07, 6.45) is 1.70. The summed E-state index contributed by atoms with van der Waals surface area (Å²) in [5.74, 6) is 0.763. The standard InChI is InChI=1S/C19H23N5O4S/c1-22-16-6-5-15(12-17(16)23(2)19(22)25)29(26,27)21-13-14-4-3-7-20-18(14)24-8-10-28-11-9-24/h3-7,12,21H,8-11,13H2,1-2H3. The quantitative estimate of drug-likeness (QED) is 0.652. The highest BCUT2D eigenvalue weighted by atomic mass is 32.2. The number of ether oxygens (including phenoxy) is 1. The van der Waals surface area contributed by atoms with Gasteiger partial charge in [-0.2, -0.15) is 0 Å². The Bertz CT molecular complexity index is 1210. The lowest BCUT2D eigenvalue weighted by atomic mass is 10.2. The number of hydrogen-bond donors (Lipinski definition) is 1. The van der Waals surface area contributed by atoms with Crippen LogP contribution < -0.4 is 15.3 Å². The van der Waals surface area contributed by atoms with Crippen molar-refractivity contribution in [1.29, 1.82) is 0 Å². The molecule has 9 nitrogen and oxygen atoms in total. The molecule has 3 heterocycles. The molecule has 0 unspecified atom stereocenters. The zero-order valence-corrected chi connectivity index (χ0v) is 17.1. The lowest BCUT2D eigenvalue weighted by Gasteiger charge is -2.29.